The Morgan fingerprint density at radius 3 is 2.52 bits per heavy atom. The molecule has 0 N–H and O–H groups in total. The number of aryl methyl sites for hydroxylation is 2. The summed E-state index contributed by atoms with van der Waals surface area (Å²) in [6, 6.07) is 7.31. The minimum Gasteiger partial charge on any atom is -0.0654 e. The lowest BCUT2D eigenvalue weighted by atomic mass is 9.54. The fraction of sp³-hybridized carbons (Fsp3) is 0.778. The van der Waals surface area contributed by atoms with Gasteiger partial charge < -0.3 is 0 Å². The van der Waals surface area contributed by atoms with Crippen LogP contribution in [0.3, 0.4) is 0 Å². The zero-order chi connectivity index (χ0) is 19.6. The van der Waals surface area contributed by atoms with Gasteiger partial charge in [0.15, 0.2) is 0 Å². The maximum Gasteiger partial charge on any atom is -0.0128 e. The van der Waals surface area contributed by atoms with E-state index < -0.39 is 0 Å². The molecule has 0 heterocycles. The lowest BCUT2D eigenvalue weighted by Gasteiger charge is -2.51. The van der Waals surface area contributed by atoms with E-state index >= 15 is 0 Å². The van der Waals surface area contributed by atoms with E-state index in [4.69, 9.17) is 0 Å². The van der Waals surface area contributed by atoms with Crippen LogP contribution in [0.25, 0.3) is 0 Å². The monoisotopic (exact) mass is 368 g/mol. The number of hydrogen-bond donors (Lipinski definition) is 0. The smallest absolute Gasteiger partial charge is 0.0128 e. The van der Waals surface area contributed by atoms with Gasteiger partial charge in [-0.05, 0) is 98.0 Å². The molecule has 5 atom stereocenters. The van der Waals surface area contributed by atoms with Crippen LogP contribution in [-0.2, 0) is 6.42 Å². The van der Waals surface area contributed by atoms with Gasteiger partial charge in [-0.1, -0.05) is 71.2 Å². The topological polar surface area (TPSA) is 0 Å². The molecular formula is C27H44. The quantitative estimate of drug-likeness (QED) is 0.503. The van der Waals surface area contributed by atoms with Crippen molar-refractivity contribution in [2.45, 2.75) is 105 Å². The fourth-order valence-electron chi connectivity index (χ4n) is 6.74. The highest BCUT2D eigenvalue weighted by molar-refractivity contribution is 5.37. The van der Waals surface area contributed by atoms with Crippen LogP contribution in [-0.4, -0.2) is 0 Å². The van der Waals surface area contributed by atoms with Crippen molar-refractivity contribution in [3.8, 4) is 0 Å². The van der Waals surface area contributed by atoms with Crippen LogP contribution in [0.2, 0.25) is 0 Å². The van der Waals surface area contributed by atoms with Gasteiger partial charge in [0.2, 0.25) is 0 Å². The lowest BCUT2D eigenvalue weighted by molar-refractivity contribution is 0.0253. The van der Waals surface area contributed by atoms with Crippen LogP contribution in [0.4, 0.5) is 0 Å². The van der Waals surface area contributed by atoms with Crippen molar-refractivity contribution in [1.82, 2.24) is 0 Å². The van der Waals surface area contributed by atoms with E-state index in [9.17, 15) is 0 Å². The van der Waals surface area contributed by atoms with Crippen LogP contribution >= 0.6 is 0 Å². The molecule has 0 bridgehead atoms. The Labute approximate surface area is 169 Å². The lowest BCUT2D eigenvalue weighted by Crippen LogP contribution is -2.42. The van der Waals surface area contributed by atoms with Crippen molar-refractivity contribution < 1.29 is 0 Å². The molecule has 3 aliphatic carbocycles. The van der Waals surface area contributed by atoms with E-state index in [0.717, 1.165) is 29.6 Å². The Morgan fingerprint density at radius 2 is 1.81 bits per heavy atom. The van der Waals surface area contributed by atoms with Crippen molar-refractivity contribution in [2.24, 2.45) is 29.1 Å². The summed E-state index contributed by atoms with van der Waals surface area (Å²) in [5.41, 5.74) is 5.52. The third-order valence-electron chi connectivity index (χ3n) is 7.98. The van der Waals surface area contributed by atoms with Gasteiger partial charge >= 0.3 is 0 Å². The van der Waals surface area contributed by atoms with E-state index in [1.165, 1.54) is 63.4 Å². The third-order valence-corrected chi connectivity index (χ3v) is 7.98. The first kappa shape index (κ1) is 20.9. The molecule has 3 aliphatic rings. The van der Waals surface area contributed by atoms with Crippen molar-refractivity contribution in [2.75, 3.05) is 0 Å². The van der Waals surface area contributed by atoms with Gasteiger partial charge in [-0.15, -0.1) is 0 Å². The molecule has 1 aromatic rings. The van der Waals surface area contributed by atoms with E-state index in [1.807, 2.05) is 0 Å². The second-order valence-electron chi connectivity index (χ2n) is 10.8. The summed E-state index contributed by atoms with van der Waals surface area (Å²) in [4.78, 5) is 0. The highest BCUT2D eigenvalue weighted by atomic mass is 14.6. The predicted molar refractivity (Wildman–Crippen MR) is 119 cm³/mol. The SMILES string of the molecule is CC(C)C.CCCCC1CCC2C3CCc4cc(C)ccc4C3CCC12C. The largest absolute Gasteiger partial charge is 0.0654 e. The van der Waals surface area contributed by atoms with Gasteiger partial charge in [-0.2, -0.15) is 0 Å². The Morgan fingerprint density at radius 1 is 1.07 bits per heavy atom. The fourth-order valence-corrected chi connectivity index (χ4v) is 6.74. The molecule has 2 fully saturated rings. The zero-order valence-electron chi connectivity index (χ0n) is 19.0. The van der Waals surface area contributed by atoms with Gasteiger partial charge in [0, 0.05) is 0 Å². The summed E-state index contributed by atoms with van der Waals surface area (Å²) in [6.07, 6.45) is 13.1. The number of rotatable bonds is 3. The summed E-state index contributed by atoms with van der Waals surface area (Å²) in [7, 11) is 0. The van der Waals surface area contributed by atoms with Crippen molar-refractivity contribution >= 4 is 0 Å². The second-order valence-corrected chi connectivity index (χ2v) is 10.8. The number of benzene rings is 1. The first-order valence-corrected chi connectivity index (χ1v) is 12.0. The Kier molecular flexibility index (Phi) is 6.75. The van der Waals surface area contributed by atoms with E-state index in [0.29, 0.717) is 5.41 Å². The molecule has 27 heavy (non-hydrogen) atoms. The second kappa shape index (κ2) is 8.71. The van der Waals surface area contributed by atoms with Crippen molar-refractivity contribution in [3.05, 3.63) is 34.9 Å². The molecule has 0 nitrogen and oxygen atoms in total. The van der Waals surface area contributed by atoms with Crippen molar-refractivity contribution in [1.29, 1.82) is 0 Å². The minimum absolute atomic E-state index is 0.665. The van der Waals surface area contributed by atoms with Crippen LogP contribution in [0.5, 0.6) is 0 Å². The van der Waals surface area contributed by atoms with Gasteiger partial charge in [-0.25, -0.2) is 0 Å². The van der Waals surface area contributed by atoms with Gasteiger partial charge in [0.1, 0.15) is 0 Å². The molecule has 0 amide bonds. The summed E-state index contributed by atoms with van der Waals surface area (Å²) in [5, 5.41) is 0. The minimum atomic E-state index is 0.665. The average Bonchev–Trinajstić information content (AvgIpc) is 2.95. The summed E-state index contributed by atoms with van der Waals surface area (Å²) >= 11 is 0. The van der Waals surface area contributed by atoms with Crippen molar-refractivity contribution in [3.63, 3.8) is 0 Å². The maximum absolute atomic E-state index is 2.67. The molecule has 0 aliphatic heterocycles. The van der Waals surface area contributed by atoms with E-state index in [1.54, 1.807) is 11.1 Å². The maximum atomic E-state index is 2.67. The molecular weight excluding hydrogens is 324 g/mol. The van der Waals surface area contributed by atoms with Crippen LogP contribution in [0, 0.1) is 36.0 Å². The molecule has 0 aromatic heterocycles. The van der Waals surface area contributed by atoms with E-state index in [2.05, 4.69) is 59.7 Å². The molecule has 0 heteroatoms. The van der Waals surface area contributed by atoms with Crippen LogP contribution in [0.15, 0.2) is 18.2 Å². The molecule has 4 rings (SSSR count). The highest BCUT2D eigenvalue weighted by Crippen LogP contribution is 2.63. The summed E-state index contributed by atoms with van der Waals surface area (Å²) in [5.74, 6) is 4.73. The summed E-state index contributed by atoms with van der Waals surface area (Å²) in [6.45, 7) is 13.8. The molecule has 152 valence electrons. The van der Waals surface area contributed by atoms with Crippen LogP contribution < -0.4 is 0 Å². The zero-order valence-corrected chi connectivity index (χ0v) is 19.0. The first-order valence-electron chi connectivity index (χ1n) is 12.0. The van der Waals surface area contributed by atoms with Gasteiger partial charge in [0.25, 0.3) is 0 Å². The highest BCUT2D eigenvalue weighted by Gasteiger charge is 2.54. The molecule has 0 radical (unpaired) electrons. The first-order chi connectivity index (χ1) is 12.9. The van der Waals surface area contributed by atoms with Crippen LogP contribution in [0.1, 0.15) is 109 Å². The Bertz CT molecular complexity index is 610. The predicted octanol–water partition coefficient (Wildman–Crippen LogP) is 8.32. The Hall–Kier alpha value is -0.780. The molecule has 2 saturated carbocycles. The average molecular weight is 369 g/mol. The molecule has 0 spiro atoms. The normalized spacial score (nSPS) is 34.3. The van der Waals surface area contributed by atoms with E-state index in [-0.39, 0.29) is 0 Å². The number of hydrogen-bond acceptors (Lipinski definition) is 0. The number of unbranched alkanes of at least 4 members (excludes halogenated alkanes) is 1. The van der Waals surface area contributed by atoms with Gasteiger partial charge in [0.05, 0.1) is 0 Å². The molecule has 5 unspecified atom stereocenters. The Balaban J connectivity index is 0.000000481. The standard InChI is InChI=1S/C23H34.C4H10/c1-4-5-6-18-9-12-22-21-11-8-17-15-16(2)7-10-19(17)20(21)13-14-23(18,22)3;1-4(2)3/h7,10,15,18,20-22H,4-6,8-9,11-14H2,1-3H3;4H,1-3H3. The number of fused-ring (bicyclic) bond motifs is 5. The summed E-state index contributed by atoms with van der Waals surface area (Å²) < 4.78 is 0. The molecule has 1 aromatic carbocycles. The third kappa shape index (κ3) is 4.30. The van der Waals surface area contributed by atoms with Gasteiger partial charge in [-0.3, -0.25) is 0 Å². The molecule has 0 saturated heterocycles.